The number of rotatable bonds is 1. The third kappa shape index (κ3) is 54.9. The summed E-state index contributed by atoms with van der Waals surface area (Å²) in [5, 5.41) is 0. The fraction of sp³-hybridized carbons (Fsp3) is 0.200. The van der Waals surface area contributed by atoms with Gasteiger partial charge in [0.15, 0.2) is 0 Å². The van der Waals surface area contributed by atoms with E-state index in [1.54, 1.807) is 0 Å². The van der Waals surface area contributed by atoms with Crippen LogP contribution in [0.5, 0.6) is 0 Å². The van der Waals surface area contributed by atoms with Gasteiger partial charge in [0.25, 0.3) is 0 Å². The number of carbonyl (C=O) groups excluding carboxylic acids is 3. The molecule has 0 spiro atoms. The molecule has 0 aliphatic carbocycles. The highest BCUT2D eigenvalue weighted by atomic mass is 16.5. The van der Waals surface area contributed by atoms with E-state index < -0.39 is 0 Å². The van der Waals surface area contributed by atoms with E-state index in [4.69, 9.17) is 9.59 Å². The number of esters is 1. The van der Waals surface area contributed by atoms with Gasteiger partial charge >= 0.3 is 12.1 Å². The van der Waals surface area contributed by atoms with E-state index in [2.05, 4.69) is 11.3 Å². The average Bonchev–Trinajstić information content (AvgIpc) is 1.67. The molecular formula is C5H6O4. The van der Waals surface area contributed by atoms with Crippen molar-refractivity contribution >= 4 is 12.1 Å². The van der Waals surface area contributed by atoms with Gasteiger partial charge in [0, 0.05) is 6.92 Å². The Morgan fingerprint density at radius 3 is 2.00 bits per heavy atom. The second kappa shape index (κ2) is 9.77. The molecule has 0 N–H and O–H groups in total. The molecular weight excluding hydrogens is 124 g/mol. The molecule has 0 saturated carbocycles. The summed E-state index contributed by atoms with van der Waals surface area (Å²) in [6, 6.07) is 0. The lowest BCUT2D eigenvalue weighted by atomic mass is 10.8. The summed E-state index contributed by atoms with van der Waals surface area (Å²) in [4.78, 5) is 26.0. The number of hydrogen-bond acceptors (Lipinski definition) is 4. The first-order valence-electron chi connectivity index (χ1n) is 1.96. The van der Waals surface area contributed by atoms with Crippen LogP contribution in [0.1, 0.15) is 6.92 Å². The summed E-state index contributed by atoms with van der Waals surface area (Å²) in [7, 11) is 0. The SMILES string of the molecule is C=COC(C)=O.O=C=O. The Kier molecular flexibility index (Phi) is 11.5. The number of ether oxygens (including phenoxy) is 1. The summed E-state index contributed by atoms with van der Waals surface area (Å²) in [5.41, 5.74) is 0. The third-order valence-electron chi connectivity index (χ3n) is 0.249. The van der Waals surface area contributed by atoms with Crippen molar-refractivity contribution in [2.24, 2.45) is 0 Å². The van der Waals surface area contributed by atoms with E-state index in [1.807, 2.05) is 0 Å². The monoisotopic (exact) mass is 130 g/mol. The van der Waals surface area contributed by atoms with Gasteiger partial charge in [-0.2, -0.15) is 9.59 Å². The van der Waals surface area contributed by atoms with E-state index in [1.165, 1.54) is 6.92 Å². The third-order valence-corrected chi connectivity index (χ3v) is 0.249. The summed E-state index contributed by atoms with van der Waals surface area (Å²) >= 11 is 0. The molecule has 4 heteroatoms. The van der Waals surface area contributed by atoms with Gasteiger partial charge in [-0.15, -0.1) is 0 Å². The molecule has 0 radical (unpaired) electrons. The molecule has 0 amide bonds. The fourth-order valence-corrected chi connectivity index (χ4v) is 0.117. The molecule has 0 aromatic carbocycles. The van der Waals surface area contributed by atoms with Crippen molar-refractivity contribution in [3.05, 3.63) is 12.8 Å². The Labute approximate surface area is 52.1 Å². The molecule has 0 unspecified atom stereocenters. The molecule has 0 bridgehead atoms. The largest absolute Gasteiger partial charge is 0.435 e. The molecule has 0 fully saturated rings. The minimum atomic E-state index is -0.329. The lowest BCUT2D eigenvalue weighted by molar-refractivity contribution is -0.191. The van der Waals surface area contributed by atoms with Crippen molar-refractivity contribution in [1.29, 1.82) is 0 Å². The highest BCUT2D eigenvalue weighted by Gasteiger charge is 1.79. The van der Waals surface area contributed by atoms with Crippen molar-refractivity contribution in [2.45, 2.75) is 6.92 Å². The van der Waals surface area contributed by atoms with Crippen LogP contribution in [-0.4, -0.2) is 12.1 Å². The van der Waals surface area contributed by atoms with Gasteiger partial charge in [-0.25, -0.2) is 0 Å². The van der Waals surface area contributed by atoms with Gasteiger partial charge < -0.3 is 4.74 Å². The van der Waals surface area contributed by atoms with Crippen LogP contribution in [0.4, 0.5) is 0 Å². The van der Waals surface area contributed by atoms with Crippen LogP contribution in [0.2, 0.25) is 0 Å². The number of hydrogen-bond donors (Lipinski definition) is 0. The first-order chi connectivity index (χ1) is 4.18. The highest BCUT2D eigenvalue weighted by Crippen LogP contribution is 1.70. The van der Waals surface area contributed by atoms with Gasteiger partial charge in [0.05, 0.1) is 6.26 Å². The second-order valence-electron chi connectivity index (χ2n) is 0.859. The predicted molar refractivity (Wildman–Crippen MR) is 27.0 cm³/mol. The van der Waals surface area contributed by atoms with Crippen LogP contribution in [0.15, 0.2) is 12.8 Å². The summed E-state index contributed by atoms with van der Waals surface area (Å²) < 4.78 is 4.17. The summed E-state index contributed by atoms with van der Waals surface area (Å²) in [5.74, 6) is -0.329. The zero-order valence-corrected chi connectivity index (χ0v) is 4.92. The molecule has 0 aromatic rings. The van der Waals surface area contributed by atoms with E-state index in [9.17, 15) is 4.79 Å². The normalized spacial score (nSPS) is 5.44. The average molecular weight is 130 g/mol. The van der Waals surface area contributed by atoms with Crippen LogP contribution < -0.4 is 0 Å². The minimum absolute atomic E-state index is 0.250. The lowest BCUT2D eigenvalue weighted by Gasteiger charge is -1.83. The van der Waals surface area contributed by atoms with Crippen LogP contribution in [-0.2, 0) is 19.1 Å². The second-order valence-corrected chi connectivity index (χ2v) is 0.859. The smallest absolute Gasteiger partial charge is 0.373 e. The van der Waals surface area contributed by atoms with E-state index in [0.29, 0.717) is 0 Å². The van der Waals surface area contributed by atoms with Gasteiger partial charge in [0.1, 0.15) is 0 Å². The Bertz CT molecular complexity index is 121. The molecule has 0 rings (SSSR count). The molecule has 0 aromatic heterocycles. The Morgan fingerprint density at radius 1 is 1.67 bits per heavy atom. The molecule has 0 atom stereocenters. The van der Waals surface area contributed by atoms with Gasteiger partial charge in [-0.3, -0.25) is 4.79 Å². The summed E-state index contributed by atoms with van der Waals surface area (Å²) in [6.45, 7) is 4.48. The van der Waals surface area contributed by atoms with E-state index in [0.717, 1.165) is 6.26 Å². The maximum absolute atomic E-state index is 9.75. The molecule has 9 heavy (non-hydrogen) atoms. The van der Waals surface area contributed by atoms with Crippen molar-refractivity contribution < 1.29 is 19.1 Å². The van der Waals surface area contributed by atoms with Crippen molar-refractivity contribution in [1.82, 2.24) is 0 Å². The van der Waals surface area contributed by atoms with Gasteiger partial charge in [0.2, 0.25) is 0 Å². The van der Waals surface area contributed by atoms with Crippen LogP contribution in [0.25, 0.3) is 0 Å². The maximum Gasteiger partial charge on any atom is 0.373 e. The van der Waals surface area contributed by atoms with E-state index in [-0.39, 0.29) is 12.1 Å². The first kappa shape index (κ1) is 10.5. The van der Waals surface area contributed by atoms with E-state index >= 15 is 0 Å². The zero-order chi connectivity index (χ0) is 7.70. The van der Waals surface area contributed by atoms with Crippen molar-refractivity contribution in [3.63, 3.8) is 0 Å². The Morgan fingerprint density at radius 2 is 2.00 bits per heavy atom. The minimum Gasteiger partial charge on any atom is -0.435 e. The highest BCUT2D eigenvalue weighted by molar-refractivity contribution is 5.66. The van der Waals surface area contributed by atoms with Crippen LogP contribution in [0.3, 0.4) is 0 Å². The lowest BCUT2D eigenvalue weighted by Crippen LogP contribution is -1.87. The van der Waals surface area contributed by atoms with Crippen molar-refractivity contribution in [2.75, 3.05) is 0 Å². The maximum atomic E-state index is 9.75. The Balaban J connectivity index is 0. The fourth-order valence-electron chi connectivity index (χ4n) is 0.117. The molecule has 0 aliphatic rings. The Hall–Kier alpha value is -1.41. The zero-order valence-electron chi connectivity index (χ0n) is 4.92. The quantitative estimate of drug-likeness (QED) is 0.373. The predicted octanol–water partition coefficient (Wildman–Crippen LogP) is 0.109. The summed E-state index contributed by atoms with van der Waals surface area (Å²) in [6.07, 6.45) is 1.35. The standard InChI is InChI=1S/C4H6O2.CO2/c1-3-6-4(2)5;2-1-3/h3H,1H2,2H3;. The number of carbonyl (C=O) groups is 1. The van der Waals surface area contributed by atoms with Crippen LogP contribution >= 0.6 is 0 Å². The van der Waals surface area contributed by atoms with Gasteiger partial charge in [-0.05, 0) is 0 Å². The molecule has 0 aliphatic heterocycles. The topological polar surface area (TPSA) is 60.4 Å². The van der Waals surface area contributed by atoms with Gasteiger partial charge in [-0.1, -0.05) is 6.58 Å². The molecule has 4 nitrogen and oxygen atoms in total. The van der Waals surface area contributed by atoms with Crippen LogP contribution in [0, 0.1) is 0 Å². The molecule has 0 heterocycles. The van der Waals surface area contributed by atoms with Crippen molar-refractivity contribution in [3.8, 4) is 0 Å². The molecule has 0 saturated heterocycles. The molecule has 50 valence electrons. The first-order valence-corrected chi connectivity index (χ1v) is 1.96.